The summed E-state index contributed by atoms with van der Waals surface area (Å²) in [6, 6.07) is 0. The number of ether oxygens (including phenoxy) is 2. The Labute approximate surface area is 151 Å². The molecule has 0 saturated heterocycles. The molecule has 25 heavy (non-hydrogen) atoms. The van der Waals surface area contributed by atoms with Gasteiger partial charge in [0.05, 0.1) is 26.3 Å². The first-order valence-electron chi connectivity index (χ1n) is 9.57. The van der Waals surface area contributed by atoms with Crippen molar-refractivity contribution in [2.24, 2.45) is 0 Å². The van der Waals surface area contributed by atoms with Gasteiger partial charge in [0.15, 0.2) is 13.5 Å². The Morgan fingerprint density at radius 1 is 0.720 bits per heavy atom. The Bertz CT molecular complexity index is 529. The summed E-state index contributed by atoms with van der Waals surface area (Å²) in [7, 11) is 0. The molecule has 0 unspecified atom stereocenters. The summed E-state index contributed by atoms with van der Waals surface area (Å²) in [4.78, 5) is 0. The van der Waals surface area contributed by atoms with Crippen LogP contribution in [0.1, 0.15) is 46.0 Å². The lowest BCUT2D eigenvalue weighted by Gasteiger charge is -2.03. The Hall–Kier alpha value is -1.66. The van der Waals surface area contributed by atoms with Gasteiger partial charge in [-0.2, -0.15) is 0 Å². The molecule has 0 saturated carbocycles. The molecule has 2 aromatic heterocycles. The van der Waals surface area contributed by atoms with Crippen molar-refractivity contribution in [2.75, 3.05) is 13.2 Å². The third-order valence-electron chi connectivity index (χ3n) is 4.01. The molecular formula is C19H34N4O2+2. The predicted molar refractivity (Wildman–Crippen MR) is 95.6 cm³/mol. The summed E-state index contributed by atoms with van der Waals surface area (Å²) in [6.45, 7) is 9.39. The topological polar surface area (TPSA) is 36.1 Å². The van der Waals surface area contributed by atoms with Gasteiger partial charge >= 0.3 is 0 Å². The molecule has 2 aromatic rings. The zero-order valence-electron chi connectivity index (χ0n) is 15.8. The Morgan fingerprint density at radius 2 is 1.20 bits per heavy atom. The maximum absolute atomic E-state index is 5.71. The highest BCUT2D eigenvalue weighted by Gasteiger charge is 2.03. The van der Waals surface area contributed by atoms with E-state index in [0.29, 0.717) is 13.5 Å². The lowest BCUT2D eigenvalue weighted by Crippen LogP contribution is -2.33. The fourth-order valence-corrected chi connectivity index (χ4v) is 2.74. The van der Waals surface area contributed by atoms with Gasteiger partial charge in [0.25, 0.3) is 0 Å². The standard InChI is InChI=1S/C19H34N4O2/c1-3-8-20-10-12-22(16-20)18-24-14-6-5-7-15-25-19-23-13-11-21(17-23)9-4-2/h10-13,16-17H,3-9,14-15,18-19H2,1-2H3/q+2. The molecule has 0 aliphatic rings. The van der Waals surface area contributed by atoms with Crippen LogP contribution in [0.3, 0.4) is 0 Å². The second-order valence-corrected chi connectivity index (χ2v) is 6.47. The molecule has 140 valence electrons. The number of imidazole rings is 2. The summed E-state index contributed by atoms with van der Waals surface area (Å²) in [6.07, 6.45) is 18.1. The van der Waals surface area contributed by atoms with E-state index in [2.05, 4.69) is 69.6 Å². The van der Waals surface area contributed by atoms with Gasteiger partial charge in [-0.3, -0.25) is 0 Å². The van der Waals surface area contributed by atoms with Crippen LogP contribution >= 0.6 is 0 Å². The first-order valence-corrected chi connectivity index (χ1v) is 9.57. The largest absolute Gasteiger partial charge is 0.342 e. The molecule has 0 atom stereocenters. The van der Waals surface area contributed by atoms with Gasteiger partial charge in [0.2, 0.25) is 12.7 Å². The van der Waals surface area contributed by atoms with Gasteiger partial charge in [-0.15, -0.1) is 0 Å². The number of rotatable bonds is 14. The van der Waals surface area contributed by atoms with Crippen molar-refractivity contribution in [3.05, 3.63) is 37.4 Å². The van der Waals surface area contributed by atoms with Crippen LogP contribution in [0.25, 0.3) is 0 Å². The number of nitrogens with zero attached hydrogens (tertiary/aromatic N) is 4. The normalized spacial score (nSPS) is 11.3. The van der Waals surface area contributed by atoms with E-state index in [1.165, 1.54) is 0 Å². The van der Waals surface area contributed by atoms with Crippen molar-refractivity contribution in [3.8, 4) is 0 Å². The zero-order chi connectivity index (χ0) is 17.7. The van der Waals surface area contributed by atoms with Gasteiger partial charge in [-0.05, 0) is 32.1 Å². The van der Waals surface area contributed by atoms with E-state index in [1.807, 2.05) is 0 Å². The average Bonchev–Trinajstić information content (AvgIpc) is 3.24. The number of aryl methyl sites for hydroxylation is 2. The van der Waals surface area contributed by atoms with Crippen LogP contribution in [0.5, 0.6) is 0 Å². The Kier molecular flexibility index (Phi) is 9.29. The van der Waals surface area contributed by atoms with Gasteiger partial charge in [-0.25, -0.2) is 18.3 Å². The molecule has 6 nitrogen and oxygen atoms in total. The molecule has 0 spiro atoms. The Balaban J connectivity index is 1.42. The molecule has 0 fully saturated rings. The smallest absolute Gasteiger partial charge is 0.245 e. The van der Waals surface area contributed by atoms with Crippen molar-refractivity contribution in [3.63, 3.8) is 0 Å². The average molecular weight is 351 g/mol. The van der Waals surface area contributed by atoms with E-state index in [-0.39, 0.29) is 0 Å². The van der Waals surface area contributed by atoms with Gasteiger partial charge in [0.1, 0.15) is 24.8 Å². The van der Waals surface area contributed by atoms with Crippen LogP contribution < -0.4 is 9.13 Å². The molecule has 0 radical (unpaired) electrons. The van der Waals surface area contributed by atoms with Crippen LogP contribution in [-0.2, 0) is 36.0 Å². The highest BCUT2D eigenvalue weighted by molar-refractivity contribution is 4.65. The second-order valence-electron chi connectivity index (χ2n) is 6.47. The molecular weight excluding hydrogens is 316 g/mol. The molecule has 0 aliphatic carbocycles. The van der Waals surface area contributed by atoms with Crippen LogP contribution in [0.4, 0.5) is 0 Å². The molecule has 0 aliphatic heterocycles. The Morgan fingerprint density at radius 3 is 1.64 bits per heavy atom. The van der Waals surface area contributed by atoms with Gasteiger partial charge in [-0.1, -0.05) is 13.8 Å². The van der Waals surface area contributed by atoms with E-state index in [4.69, 9.17) is 9.47 Å². The van der Waals surface area contributed by atoms with Gasteiger partial charge < -0.3 is 9.47 Å². The maximum Gasteiger partial charge on any atom is 0.245 e. The van der Waals surface area contributed by atoms with Crippen molar-refractivity contribution < 1.29 is 18.6 Å². The summed E-state index contributed by atoms with van der Waals surface area (Å²) >= 11 is 0. The fourth-order valence-electron chi connectivity index (χ4n) is 2.74. The summed E-state index contributed by atoms with van der Waals surface area (Å²) in [5, 5.41) is 0. The zero-order valence-corrected chi connectivity index (χ0v) is 15.8. The number of hydrogen-bond donors (Lipinski definition) is 0. The first kappa shape index (κ1) is 19.7. The predicted octanol–water partition coefficient (Wildman–Crippen LogP) is 2.50. The van der Waals surface area contributed by atoms with Crippen LogP contribution in [0.2, 0.25) is 0 Å². The maximum atomic E-state index is 5.71. The molecule has 0 aromatic carbocycles. The summed E-state index contributed by atoms with van der Waals surface area (Å²) < 4.78 is 20.0. The van der Waals surface area contributed by atoms with Crippen molar-refractivity contribution >= 4 is 0 Å². The number of unbranched alkanes of at least 4 members (excludes halogenated alkanes) is 2. The number of hydrogen-bond acceptors (Lipinski definition) is 2. The van der Waals surface area contributed by atoms with E-state index in [0.717, 1.165) is 58.4 Å². The van der Waals surface area contributed by atoms with Crippen LogP contribution in [0.15, 0.2) is 37.4 Å². The first-order chi connectivity index (χ1) is 12.3. The number of aromatic nitrogens is 4. The van der Waals surface area contributed by atoms with E-state index in [9.17, 15) is 0 Å². The third kappa shape index (κ3) is 7.84. The second kappa shape index (κ2) is 11.8. The fraction of sp³-hybridized carbons (Fsp3) is 0.684. The van der Waals surface area contributed by atoms with Crippen molar-refractivity contribution in [2.45, 2.75) is 72.5 Å². The minimum Gasteiger partial charge on any atom is -0.342 e. The SMILES string of the molecule is CCCn1cc[n+](COCCCCCOC[n+]2ccn(CCC)c2)c1. The third-order valence-corrected chi connectivity index (χ3v) is 4.01. The minimum atomic E-state index is 0.638. The molecule has 2 rings (SSSR count). The van der Waals surface area contributed by atoms with E-state index >= 15 is 0 Å². The highest BCUT2D eigenvalue weighted by atomic mass is 16.5. The van der Waals surface area contributed by atoms with Crippen molar-refractivity contribution in [1.82, 2.24) is 9.13 Å². The summed E-state index contributed by atoms with van der Waals surface area (Å²) in [5.41, 5.74) is 0. The minimum absolute atomic E-state index is 0.638. The van der Waals surface area contributed by atoms with Crippen LogP contribution in [-0.4, -0.2) is 22.3 Å². The lowest BCUT2D eigenvalue weighted by atomic mass is 10.2. The van der Waals surface area contributed by atoms with Crippen molar-refractivity contribution in [1.29, 1.82) is 0 Å². The van der Waals surface area contributed by atoms with Crippen LogP contribution in [0, 0.1) is 0 Å². The van der Waals surface area contributed by atoms with E-state index in [1.54, 1.807) is 0 Å². The lowest BCUT2D eigenvalue weighted by molar-refractivity contribution is -0.732. The molecule has 0 N–H and O–H groups in total. The molecule has 0 amide bonds. The summed E-state index contributed by atoms with van der Waals surface area (Å²) in [5.74, 6) is 0. The van der Waals surface area contributed by atoms with E-state index < -0.39 is 0 Å². The monoisotopic (exact) mass is 350 g/mol. The van der Waals surface area contributed by atoms with Gasteiger partial charge in [0, 0.05) is 0 Å². The quantitative estimate of drug-likeness (QED) is 0.388. The molecule has 0 bridgehead atoms. The molecule has 2 heterocycles. The molecule has 6 heteroatoms. The highest BCUT2D eigenvalue weighted by Crippen LogP contribution is 1.97.